The molecule has 2 heterocycles. The van der Waals surface area contributed by atoms with Crippen LogP contribution in [0.4, 0.5) is 5.69 Å². The maximum absolute atomic E-state index is 11.0. The summed E-state index contributed by atoms with van der Waals surface area (Å²) < 4.78 is 1.57. The van der Waals surface area contributed by atoms with Crippen LogP contribution in [0.15, 0.2) is 24.7 Å². The van der Waals surface area contributed by atoms with Crippen LogP contribution in [-0.4, -0.2) is 26.4 Å². The molecule has 0 fully saturated rings. The summed E-state index contributed by atoms with van der Waals surface area (Å²) in [5.74, 6) is -0.350. The molecule has 0 radical (unpaired) electrons. The fraction of sp³-hybridized carbons (Fsp3) is 0.125. The minimum Gasteiger partial charge on any atom is -0.321 e. The number of carbonyl (C=O) groups is 1. The van der Waals surface area contributed by atoms with Crippen molar-refractivity contribution < 1.29 is 4.79 Å². The highest BCUT2D eigenvalue weighted by atomic mass is 35.5. The van der Waals surface area contributed by atoms with Gasteiger partial charge in [0.25, 0.3) is 0 Å². The third-order valence-corrected chi connectivity index (χ3v) is 1.92. The van der Waals surface area contributed by atoms with Crippen LogP contribution in [0.1, 0.15) is 0 Å². The molecular formula is C8H7ClN4O. The number of fused-ring (bicyclic) bond motifs is 1. The van der Waals surface area contributed by atoms with E-state index in [0.29, 0.717) is 11.3 Å². The second-order valence-electron chi connectivity index (χ2n) is 2.63. The van der Waals surface area contributed by atoms with Crippen LogP contribution in [0.25, 0.3) is 5.65 Å². The quantitative estimate of drug-likeness (QED) is 0.750. The van der Waals surface area contributed by atoms with Gasteiger partial charge in [0, 0.05) is 12.4 Å². The van der Waals surface area contributed by atoms with E-state index < -0.39 is 0 Å². The van der Waals surface area contributed by atoms with E-state index in [2.05, 4.69) is 15.4 Å². The number of aromatic nitrogens is 3. The van der Waals surface area contributed by atoms with Gasteiger partial charge >= 0.3 is 0 Å². The normalized spacial score (nSPS) is 10.4. The number of anilines is 1. The molecule has 1 N–H and O–H groups in total. The molecule has 5 nitrogen and oxygen atoms in total. The molecule has 0 unspecified atom stereocenters. The van der Waals surface area contributed by atoms with Crippen molar-refractivity contribution in [3.8, 4) is 0 Å². The summed E-state index contributed by atoms with van der Waals surface area (Å²) in [6, 6.07) is 1.76. The minimum absolute atomic E-state index is 0.0792. The van der Waals surface area contributed by atoms with Crippen LogP contribution in [0.5, 0.6) is 0 Å². The number of amides is 1. The molecule has 2 aromatic heterocycles. The SMILES string of the molecule is O=C(CCl)Nc1cnn2cccnc12. The first kappa shape index (κ1) is 8.96. The van der Waals surface area contributed by atoms with Gasteiger partial charge in [0.1, 0.15) is 11.6 Å². The molecule has 2 aromatic rings. The molecule has 6 heteroatoms. The van der Waals surface area contributed by atoms with Gasteiger partial charge in [-0.25, -0.2) is 9.50 Å². The molecule has 0 aliphatic heterocycles. The number of rotatable bonds is 2. The van der Waals surface area contributed by atoms with E-state index in [-0.39, 0.29) is 11.8 Å². The summed E-state index contributed by atoms with van der Waals surface area (Å²) >= 11 is 5.36. The third-order valence-electron chi connectivity index (χ3n) is 1.67. The summed E-state index contributed by atoms with van der Waals surface area (Å²) in [4.78, 5) is 15.1. The Balaban J connectivity index is 2.38. The summed E-state index contributed by atoms with van der Waals surface area (Å²) in [6.07, 6.45) is 4.92. The molecule has 0 aliphatic rings. The Morgan fingerprint density at radius 1 is 1.64 bits per heavy atom. The van der Waals surface area contributed by atoms with Gasteiger partial charge in [-0.15, -0.1) is 11.6 Å². The predicted octanol–water partition coefficient (Wildman–Crippen LogP) is 0.907. The van der Waals surface area contributed by atoms with Crippen LogP contribution >= 0.6 is 11.6 Å². The van der Waals surface area contributed by atoms with E-state index in [1.54, 1.807) is 23.0 Å². The topological polar surface area (TPSA) is 59.3 Å². The lowest BCUT2D eigenvalue weighted by Gasteiger charge is -1.98. The first-order valence-electron chi connectivity index (χ1n) is 3.95. The van der Waals surface area contributed by atoms with Gasteiger partial charge < -0.3 is 5.32 Å². The predicted molar refractivity (Wildman–Crippen MR) is 52.3 cm³/mol. The average molecular weight is 211 g/mol. The molecule has 0 atom stereocenters. The summed E-state index contributed by atoms with van der Waals surface area (Å²) in [5.41, 5.74) is 1.17. The number of alkyl halides is 1. The standard InChI is InChI=1S/C8H7ClN4O/c9-4-7(14)12-6-5-11-13-3-1-2-10-8(6)13/h1-3,5H,4H2,(H,12,14). The molecule has 0 spiro atoms. The first-order chi connectivity index (χ1) is 6.81. The monoisotopic (exact) mass is 210 g/mol. The van der Waals surface area contributed by atoms with E-state index in [1.807, 2.05) is 0 Å². The maximum atomic E-state index is 11.0. The second kappa shape index (κ2) is 3.63. The molecular weight excluding hydrogens is 204 g/mol. The second-order valence-corrected chi connectivity index (χ2v) is 2.90. The van der Waals surface area contributed by atoms with Crippen molar-refractivity contribution in [2.24, 2.45) is 0 Å². The van der Waals surface area contributed by atoms with Crippen LogP contribution in [0.2, 0.25) is 0 Å². The molecule has 2 rings (SSSR count). The molecule has 1 amide bonds. The van der Waals surface area contributed by atoms with E-state index in [0.717, 1.165) is 0 Å². The van der Waals surface area contributed by atoms with Gasteiger partial charge in [0.2, 0.25) is 5.91 Å². The van der Waals surface area contributed by atoms with E-state index >= 15 is 0 Å². The number of nitrogens with zero attached hydrogens (tertiary/aromatic N) is 3. The van der Waals surface area contributed by atoms with E-state index in [4.69, 9.17) is 11.6 Å². The minimum atomic E-state index is -0.271. The summed E-state index contributed by atoms with van der Waals surface area (Å²) in [6.45, 7) is 0. The fourth-order valence-corrected chi connectivity index (χ4v) is 1.17. The Kier molecular flexibility index (Phi) is 2.32. The van der Waals surface area contributed by atoms with Crippen molar-refractivity contribution in [1.82, 2.24) is 14.6 Å². The zero-order chi connectivity index (χ0) is 9.97. The van der Waals surface area contributed by atoms with Crippen molar-refractivity contribution in [2.75, 3.05) is 11.2 Å². The lowest BCUT2D eigenvalue weighted by molar-refractivity contribution is -0.113. The van der Waals surface area contributed by atoms with Crippen LogP contribution in [0, 0.1) is 0 Å². The summed E-state index contributed by atoms with van der Waals surface area (Å²) in [5, 5.41) is 6.60. The number of carbonyl (C=O) groups excluding carboxylic acids is 1. The zero-order valence-corrected chi connectivity index (χ0v) is 7.90. The van der Waals surface area contributed by atoms with Gasteiger partial charge in [-0.3, -0.25) is 4.79 Å². The molecule has 0 aliphatic carbocycles. The van der Waals surface area contributed by atoms with Crippen molar-refractivity contribution in [3.05, 3.63) is 24.7 Å². The van der Waals surface area contributed by atoms with Crippen LogP contribution in [-0.2, 0) is 4.79 Å². The van der Waals surface area contributed by atoms with Gasteiger partial charge in [0.05, 0.1) is 6.20 Å². The fourth-order valence-electron chi connectivity index (χ4n) is 1.10. The van der Waals surface area contributed by atoms with Gasteiger partial charge in [0.15, 0.2) is 5.65 Å². The molecule has 72 valence electrons. The highest BCUT2D eigenvalue weighted by Crippen LogP contribution is 2.12. The van der Waals surface area contributed by atoms with Crippen molar-refractivity contribution in [1.29, 1.82) is 0 Å². The maximum Gasteiger partial charge on any atom is 0.239 e. The Hall–Kier alpha value is -1.62. The Bertz CT molecular complexity index is 467. The molecule has 14 heavy (non-hydrogen) atoms. The van der Waals surface area contributed by atoms with Crippen molar-refractivity contribution >= 4 is 28.8 Å². The molecule has 0 saturated carbocycles. The number of hydrogen-bond acceptors (Lipinski definition) is 3. The largest absolute Gasteiger partial charge is 0.321 e. The average Bonchev–Trinajstić information content (AvgIpc) is 2.62. The third kappa shape index (κ3) is 1.54. The van der Waals surface area contributed by atoms with Gasteiger partial charge in [-0.2, -0.15) is 5.10 Å². The Labute approximate surface area is 84.7 Å². The van der Waals surface area contributed by atoms with Gasteiger partial charge in [-0.1, -0.05) is 0 Å². The van der Waals surface area contributed by atoms with Crippen LogP contribution in [0.3, 0.4) is 0 Å². The molecule has 0 bridgehead atoms. The van der Waals surface area contributed by atoms with E-state index in [1.165, 1.54) is 6.20 Å². The lowest BCUT2D eigenvalue weighted by Crippen LogP contribution is -2.12. The molecule has 0 aromatic carbocycles. The van der Waals surface area contributed by atoms with Crippen molar-refractivity contribution in [2.45, 2.75) is 0 Å². The zero-order valence-electron chi connectivity index (χ0n) is 7.14. The van der Waals surface area contributed by atoms with Gasteiger partial charge in [-0.05, 0) is 6.07 Å². The highest BCUT2D eigenvalue weighted by molar-refractivity contribution is 6.29. The number of hydrogen-bond donors (Lipinski definition) is 1. The van der Waals surface area contributed by atoms with Crippen LogP contribution < -0.4 is 5.32 Å². The number of halogens is 1. The highest BCUT2D eigenvalue weighted by Gasteiger charge is 2.06. The smallest absolute Gasteiger partial charge is 0.239 e. The first-order valence-corrected chi connectivity index (χ1v) is 4.49. The summed E-state index contributed by atoms with van der Waals surface area (Å²) in [7, 11) is 0. The van der Waals surface area contributed by atoms with E-state index in [9.17, 15) is 4.79 Å². The Morgan fingerprint density at radius 3 is 3.29 bits per heavy atom. The van der Waals surface area contributed by atoms with Crippen molar-refractivity contribution in [3.63, 3.8) is 0 Å². The molecule has 0 saturated heterocycles. The lowest BCUT2D eigenvalue weighted by atomic mass is 10.5. The Morgan fingerprint density at radius 2 is 2.50 bits per heavy atom. The number of nitrogens with one attached hydrogen (secondary N) is 1.